The lowest BCUT2D eigenvalue weighted by molar-refractivity contribution is -0.114. The molecule has 2 nitrogen and oxygen atoms in total. The van der Waals surface area contributed by atoms with Crippen molar-refractivity contribution in [2.45, 2.75) is 32.6 Å². The van der Waals surface area contributed by atoms with Crippen LogP contribution in [0.1, 0.15) is 35.8 Å². The number of nitrogens with one attached hydrogen (secondary N) is 1. The summed E-state index contributed by atoms with van der Waals surface area (Å²) in [6.45, 7) is 5.38. The standard InChI is InChI=1S/C12H15NOS/c1-3-9-10-6-4-5-7-11(10)15-12(9)13-8(2)14/h3H,1,4-7H2,2H3,(H,13,14). The van der Waals surface area contributed by atoms with E-state index < -0.39 is 0 Å². The summed E-state index contributed by atoms with van der Waals surface area (Å²) in [7, 11) is 0. The lowest BCUT2D eigenvalue weighted by Crippen LogP contribution is -2.05. The Morgan fingerprint density at radius 2 is 2.20 bits per heavy atom. The largest absolute Gasteiger partial charge is 0.317 e. The molecule has 0 unspecified atom stereocenters. The topological polar surface area (TPSA) is 29.1 Å². The van der Waals surface area contributed by atoms with Gasteiger partial charge in [0.25, 0.3) is 0 Å². The highest BCUT2D eigenvalue weighted by Gasteiger charge is 2.19. The number of hydrogen-bond donors (Lipinski definition) is 1. The van der Waals surface area contributed by atoms with Crippen LogP contribution in [0.2, 0.25) is 0 Å². The number of anilines is 1. The van der Waals surface area contributed by atoms with Crippen molar-refractivity contribution in [1.29, 1.82) is 0 Å². The van der Waals surface area contributed by atoms with Crippen molar-refractivity contribution >= 4 is 28.3 Å². The first-order valence-electron chi connectivity index (χ1n) is 5.27. The first-order chi connectivity index (χ1) is 7.22. The van der Waals surface area contributed by atoms with E-state index in [-0.39, 0.29) is 5.91 Å². The van der Waals surface area contributed by atoms with E-state index in [0.29, 0.717) is 0 Å². The van der Waals surface area contributed by atoms with Crippen molar-refractivity contribution in [2.24, 2.45) is 0 Å². The molecule has 1 aliphatic carbocycles. The van der Waals surface area contributed by atoms with Gasteiger partial charge in [0.1, 0.15) is 5.00 Å². The molecule has 1 aromatic rings. The number of carbonyl (C=O) groups is 1. The maximum absolute atomic E-state index is 11.1. The van der Waals surface area contributed by atoms with Gasteiger partial charge in [-0.1, -0.05) is 12.7 Å². The summed E-state index contributed by atoms with van der Waals surface area (Å²) in [5.41, 5.74) is 2.55. The maximum Gasteiger partial charge on any atom is 0.221 e. The third-order valence-corrected chi connectivity index (χ3v) is 3.93. The molecular weight excluding hydrogens is 206 g/mol. The van der Waals surface area contributed by atoms with E-state index in [0.717, 1.165) is 23.4 Å². The van der Waals surface area contributed by atoms with Crippen LogP contribution < -0.4 is 5.32 Å². The maximum atomic E-state index is 11.1. The van der Waals surface area contributed by atoms with Crippen LogP contribution in [0.25, 0.3) is 6.08 Å². The molecule has 1 amide bonds. The van der Waals surface area contributed by atoms with Crippen molar-refractivity contribution in [3.05, 3.63) is 22.6 Å². The molecule has 0 aliphatic heterocycles. The second-order valence-electron chi connectivity index (χ2n) is 3.84. The monoisotopic (exact) mass is 221 g/mol. The van der Waals surface area contributed by atoms with E-state index in [1.807, 2.05) is 6.08 Å². The Morgan fingerprint density at radius 3 is 2.87 bits per heavy atom. The molecule has 0 fully saturated rings. The third-order valence-electron chi connectivity index (χ3n) is 2.71. The van der Waals surface area contributed by atoms with Gasteiger partial charge in [-0.05, 0) is 31.2 Å². The Morgan fingerprint density at radius 1 is 1.47 bits per heavy atom. The zero-order chi connectivity index (χ0) is 10.8. The normalized spacial score (nSPS) is 14.5. The summed E-state index contributed by atoms with van der Waals surface area (Å²) in [5.74, 6) is -0.00306. The van der Waals surface area contributed by atoms with Crippen LogP contribution in [0, 0.1) is 0 Å². The van der Waals surface area contributed by atoms with Crippen LogP contribution in [0.4, 0.5) is 5.00 Å². The van der Waals surface area contributed by atoms with Crippen LogP contribution in [0.3, 0.4) is 0 Å². The second-order valence-corrected chi connectivity index (χ2v) is 4.94. The molecule has 3 heteroatoms. The van der Waals surface area contributed by atoms with Gasteiger partial charge in [-0.3, -0.25) is 4.79 Å². The van der Waals surface area contributed by atoms with Gasteiger partial charge >= 0.3 is 0 Å². The second kappa shape index (κ2) is 4.19. The van der Waals surface area contributed by atoms with E-state index >= 15 is 0 Å². The van der Waals surface area contributed by atoms with Gasteiger partial charge in [-0.25, -0.2) is 0 Å². The van der Waals surface area contributed by atoms with Gasteiger partial charge in [0, 0.05) is 17.4 Å². The van der Waals surface area contributed by atoms with E-state index in [1.54, 1.807) is 18.3 Å². The summed E-state index contributed by atoms with van der Waals surface area (Å²) in [4.78, 5) is 12.5. The van der Waals surface area contributed by atoms with Gasteiger partial charge < -0.3 is 5.32 Å². The van der Waals surface area contributed by atoms with Gasteiger partial charge in [0.2, 0.25) is 5.91 Å². The highest BCUT2D eigenvalue weighted by Crippen LogP contribution is 2.38. The van der Waals surface area contributed by atoms with Crippen molar-refractivity contribution in [1.82, 2.24) is 0 Å². The van der Waals surface area contributed by atoms with Crippen molar-refractivity contribution < 1.29 is 4.79 Å². The van der Waals surface area contributed by atoms with E-state index in [9.17, 15) is 4.79 Å². The number of rotatable bonds is 2. The highest BCUT2D eigenvalue weighted by molar-refractivity contribution is 7.16. The van der Waals surface area contributed by atoms with Gasteiger partial charge in [-0.15, -0.1) is 11.3 Å². The molecule has 0 aromatic carbocycles. The van der Waals surface area contributed by atoms with Gasteiger partial charge in [0.05, 0.1) is 0 Å². The number of thiophene rings is 1. The minimum absolute atomic E-state index is 0.00306. The summed E-state index contributed by atoms with van der Waals surface area (Å²) in [5, 5.41) is 3.87. The number of fused-ring (bicyclic) bond motifs is 1. The summed E-state index contributed by atoms with van der Waals surface area (Å²) >= 11 is 1.71. The molecule has 2 rings (SSSR count). The van der Waals surface area contributed by atoms with Crippen molar-refractivity contribution in [3.63, 3.8) is 0 Å². The molecule has 0 spiro atoms. The Labute approximate surface area is 94.0 Å². The van der Waals surface area contributed by atoms with Crippen LogP contribution >= 0.6 is 11.3 Å². The van der Waals surface area contributed by atoms with Crippen LogP contribution in [-0.4, -0.2) is 5.91 Å². The predicted octanol–water partition coefficient (Wildman–Crippen LogP) is 3.23. The number of amides is 1. The Balaban J connectivity index is 2.41. The summed E-state index contributed by atoms with van der Waals surface area (Å²) in [6, 6.07) is 0. The lowest BCUT2D eigenvalue weighted by Gasteiger charge is -2.10. The summed E-state index contributed by atoms with van der Waals surface area (Å²) < 4.78 is 0. The fourth-order valence-electron chi connectivity index (χ4n) is 2.06. The highest BCUT2D eigenvalue weighted by atomic mass is 32.1. The van der Waals surface area contributed by atoms with E-state index in [4.69, 9.17) is 0 Å². The predicted molar refractivity (Wildman–Crippen MR) is 65.4 cm³/mol. The van der Waals surface area contributed by atoms with E-state index in [2.05, 4.69) is 11.9 Å². The molecule has 0 saturated heterocycles. The molecule has 15 heavy (non-hydrogen) atoms. The minimum Gasteiger partial charge on any atom is -0.317 e. The number of hydrogen-bond acceptors (Lipinski definition) is 2. The van der Waals surface area contributed by atoms with Crippen molar-refractivity contribution in [2.75, 3.05) is 5.32 Å². The zero-order valence-electron chi connectivity index (χ0n) is 8.93. The van der Waals surface area contributed by atoms with Crippen LogP contribution in [-0.2, 0) is 17.6 Å². The smallest absolute Gasteiger partial charge is 0.221 e. The number of carbonyl (C=O) groups excluding carboxylic acids is 1. The average Bonchev–Trinajstić information content (AvgIpc) is 2.53. The minimum atomic E-state index is -0.00306. The van der Waals surface area contributed by atoms with Crippen molar-refractivity contribution in [3.8, 4) is 0 Å². The molecular formula is C12H15NOS. The third kappa shape index (κ3) is 1.97. The van der Waals surface area contributed by atoms with Gasteiger partial charge in [0.15, 0.2) is 0 Å². The molecule has 1 aromatic heterocycles. The molecule has 0 radical (unpaired) electrons. The number of aryl methyl sites for hydroxylation is 1. The Hall–Kier alpha value is -1.09. The molecule has 0 saturated carbocycles. The van der Waals surface area contributed by atoms with Crippen LogP contribution in [0.15, 0.2) is 6.58 Å². The molecule has 0 atom stereocenters. The van der Waals surface area contributed by atoms with Crippen LogP contribution in [0.5, 0.6) is 0 Å². The Kier molecular flexibility index (Phi) is 2.91. The fraction of sp³-hybridized carbons (Fsp3) is 0.417. The summed E-state index contributed by atoms with van der Waals surface area (Å²) in [6.07, 6.45) is 6.67. The van der Waals surface area contributed by atoms with Gasteiger partial charge in [-0.2, -0.15) is 0 Å². The molecule has 1 aliphatic rings. The molecule has 1 N–H and O–H groups in total. The average molecular weight is 221 g/mol. The Bertz CT molecular complexity index is 406. The quantitative estimate of drug-likeness (QED) is 0.816. The first kappa shape index (κ1) is 10.4. The molecule has 1 heterocycles. The molecule has 0 bridgehead atoms. The first-order valence-corrected chi connectivity index (χ1v) is 6.08. The zero-order valence-corrected chi connectivity index (χ0v) is 9.75. The fourth-order valence-corrected chi connectivity index (χ4v) is 3.40. The molecule has 80 valence electrons. The van der Waals surface area contributed by atoms with E-state index in [1.165, 1.54) is 23.3 Å². The lowest BCUT2D eigenvalue weighted by atomic mass is 9.95. The SMILES string of the molecule is C=Cc1c(NC(C)=O)sc2c1CCCC2.